The van der Waals surface area contributed by atoms with Gasteiger partial charge in [0.1, 0.15) is 0 Å². The van der Waals surface area contributed by atoms with Crippen molar-refractivity contribution in [3.63, 3.8) is 0 Å². The highest BCUT2D eigenvalue weighted by molar-refractivity contribution is 6.36. The lowest BCUT2D eigenvalue weighted by Gasteiger charge is -2.39. The first kappa shape index (κ1) is 16.4. The summed E-state index contributed by atoms with van der Waals surface area (Å²) in [6.45, 7) is 2.26. The molecular formula is C25H22O2. The number of carbonyl (C=O) groups is 2. The highest BCUT2D eigenvalue weighted by Crippen LogP contribution is 2.47. The predicted molar refractivity (Wildman–Crippen MR) is 107 cm³/mol. The smallest absolute Gasteiger partial charge is 0.187 e. The van der Waals surface area contributed by atoms with Crippen LogP contribution in [-0.2, 0) is 34.3 Å². The fraction of sp³-hybridized carbons (Fsp3) is 0.280. The van der Waals surface area contributed by atoms with E-state index >= 15 is 0 Å². The van der Waals surface area contributed by atoms with Gasteiger partial charge < -0.3 is 0 Å². The highest BCUT2D eigenvalue weighted by atomic mass is 16.1. The molecule has 4 aliphatic rings. The minimum Gasteiger partial charge on any atom is -0.290 e. The maximum absolute atomic E-state index is 12.6. The minimum atomic E-state index is -0.136. The fourth-order valence-electron chi connectivity index (χ4n) is 4.83. The zero-order valence-electron chi connectivity index (χ0n) is 15.5. The van der Waals surface area contributed by atoms with E-state index in [-0.39, 0.29) is 17.0 Å². The lowest BCUT2D eigenvalue weighted by Crippen LogP contribution is -2.33. The summed E-state index contributed by atoms with van der Waals surface area (Å²) in [5.74, 6) is -0.0346. The summed E-state index contributed by atoms with van der Waals surface area (Å²) in [6.07, 6.45) is 7.46. The van der Waals surface area contributed by atoms with E-state index < -0.39 is 0 Å². The molecule has 0 aliphatic heterocycles. The van der Waals surface area contributed by atoms with Crippen molar-refractivity contribution < 1.29 is 9.59 Å². The van der Waals surface area contributed by atoms with Gasteiger partial charge in [-0.1, -0.05) is 49.4 Å². The van der Waals surface area contributed by atoms with E-state index in [9.17, 15) is 9.59 Å². The van der Waals surface area contributed by atoms with E-state index in [1.807, 2.05) is 0 Å². The average molecular weight is 354 g/mol. The molecule has 1 unspecified atom stereocenters. The fourth-order valence-corrected chi connectivity index (χ4v) is 4.83. The Balaban J connectivity index is 1.70. The third kappa shape index (κ3) is 2.63. The third-order valence-electron chi connectivity index (χ3n) is 6.49. The number of hydrogen-bond acceptors (Lipinski definition) is 2. The van der Waals surface area contributed by atoms with Gasteiger partial charge in [-0.3, -0.25) is 9.59 Å². The number of benzene rings is 2. The Labute approximate surface area is 159 Å². The first-order valence-electron chi connectivity index (χ1n) is 9.75. The van der Waals surface area contributed by atoms with E-state index in [2.05, 4.69) is 49.4 Å². The number of carbonyl (C=O) groups excluding carboxylic acids is 2. The molecule has 0 heterocycles. The molecule has 2 aromatic rings. The van der Waals surface area contributed by atoms with Crippen LogP contribution in [0.1, 0.15) is 47.6 Å². The Morgan fingerprint density at radius 3 is 2.19 bits per heavy atom. The van der Waals surface area contributed by atoms with Crippen molar-refractivity contribution in [3.05, 3.63) is 88.0 Å². The molecule has 0 saturated carbocycles. The number of hydrogen-bond donors (Lipinski definition) is 0. The van der Waals surface area contributed by atoms with Crippen LogP contribution in [-0.4, -0.2) is 11.6 Å². The van der Waals surface area contributed by atoms with Crippen molar-refractivity contribution in [2.24, 2.45) is 0 Å². The van der Waals surface area contributed by atoms with Gasteiger partial charge in [0.05, 0.1) is 0 Å². The van der Waals surface area contributed by atoms with Crippen molar-refractivity contribution >= 4 is 17.1 Å². The number of allylic oxidation sites excluding steroid dienone is 4. The first-order valence-corrected chi connectivity index (χ1v) is 9.75. The summed E-state index contributed by atoms with van der Waals surface area (Å²) in [6, 6.07) is 15.5. The molecule has 0 aromatic heterocycles. The minimum absolute atomic E-state index is 0.00368. The van der Waals surface area contributed by atoms with Crippen molar-refractivity contribution in [2.45, 2.75) is 44.4 Å². The second-order valence-corrected chi connectivity index (χ2v) is 8.35. The highest BCUT2D eigenvalue weighted by Gasteiger charge is 2.40. The molecule has 0 saturated heterocycles. The second-order valence-electron chi connectivity index (χ2n) is 8.35. The zero-order chi connectivity index (χ0) is 18.6. The van der Waals surface area contributed by atoms with Gasteiger partial charge in [-0.2, -0.15) is 0 Å². The maximum Gasteiger partial charge on any atom is 0.187 e. The standard InChI is InChI=1S/C25H22O2/c1-25-13-12-17-4-2-16(3-5-17)6-7-18-8-9-19(21(25)14-18)24-20(15-25)22(26)10-11-23(24)27/h2-5,8-11,14H,6-7,12-13,15H2,1H3. The summed E-state index contributed by atoms with van der Waals surface area (Å²) in [5, 5.41) is 0. The van der Waals surface area contributed by atoms with Crippen LogP contribution in [0.25, 0.3) is 5.57 Å². The van der Waals surface area contributed by atoms with Gasteiger partial charge in [0.15, 0.2) is 11.6 Å². The predicted octanol–water partition coefficient (Wildman–Crippen LogP) is 4.54. The number of ketones is 2. The number of fused-ring (bicyclic) bond motifs is 5. The maximum atomic E-state index is 12.6. The number of aryl methyl sites for hydroxylation is 3. The lowest BCUT2D eigenvalue weighted by molar-refractivity contribution is -0.114. The Morgan fingerprint density at radius 1 is 0.778 bits per heavy atom. The summed E-state index contributed by atoms with van der Waals surface area (Å²) < 4.78 is 0. The summed E-state index contributed by atoms with van der Waals surface area (Å²) in [4.78, 5) is 25.2. The molecule has 134 valence electrons. The van der Waals surface area contributed by atoms with Gasteiger partial charge in [-0.25, -0.2) is 0 Å². The van der Waals surface area contributed by atoms with Crippen LogP contribution in [0.5, 0.6) is 0 Å². The number of rotatable bonds is 0. The van der Waals surface area contributed by atoms with Crippen LogP contribution in [0.3, 0.4) is 0 Å². The topological polar surface area (TPSA) is 34.1 Å². The summed E-state index contributed by atoms with van der Waals surface area (Å²) >= 11 is 0. The van der Waals surface area contributed by atoms with Gasteiger partial charge in [0, 0.05) is 11.1 Å². The van der Waals surface area contributed by atoms with Crippen LogP contribution in [0.15, 0.2) is 60.2 Å². The van der Waals surface area contributed by atoms with Crippen molar-refractivity contribution in [3.8, 4) is 0 Å². The molecule has 2 aromatic carbocycles. The largest absolute Gasteiger partial charge is 0.290 e. The summed E-state index contributed by atoms with van der Waals surface area (Å²) in [5.41, 5.74) is 7.42. The molecule has 4 bridgehead atoms. The van der Waals surface area contributed by atoms with Crippen LogP contribution in [0.4, 0.5) is 0 Å². The normalized spacial score (nSPS) is 23.7. The Morgan fingerprint density at radius 2 is 1.41 bits per heavy atom. The monoisotopic (exact) mass is 354 g/mol. The van der Waals surface area contributed by atoms with E-state index in [0.717, 1.165) is 31.2 Å². The van der Waals surface area contributed by atoms with E-state index in [1.165, 1.54) is 34.4 Å². The van der Waals surface area contributed by atoms with Crippen LogP contribution >= 0.6 is 0 Å². The van der Waals surface area contributed by atoms with Crippen LogP contribution in [0.2, 0.25) is 0 Å². The molecule has 1 atom stereocenters. The van der Waals surface area contributed by atoms with Gasteiger partial charge >= 0.3 is 0 Å². The Bertz CT molecular complexity index is 1040. The zero-order valence-corrected chi connectivity index (χ0v) is 15.5. The Kier molecular flexibility index (Phi) is 3.58. The summed E-state index contributed by atoms with van der Waals surface area (Å²) in [7, 11) is 0. The third-order valence-corrected chi connectivity index (χ3v) is 6.49. The molecule has 4 aliphatic carbocycles. The van der Waals surface area contributed by atoms with Gasteiger partial charge in [-0.05, 0) is 77.5 Å². The molecule has 0 amide bonds. The van der Waals surface area contributed by atoms with Crippen molar-refractivity contribution in [1.82, 2.24) is 0 Å². The lowest BCUT2D eigenvalue weighted by atomic mass is 9.64. The molecular weight excluding hydrogens is 332 g/mol. The molecule has 27 heavy (non-hydrogen) atoms. The van der Waals surface area contributed by atoms with Gasteiger partial charge in [0.2, 0.25) is 0 Å². The molecule has 0 N–H and O–H groups in total. The molecule has 2 heteroatoms. The molecule has 0 spiro atoms. The van der Waals surface area contributed by atoms with Crippen LogP contribution in [0, 0.1) is 0 Å². The second kappa shape index (κ2) is 5.88. The molecule has 0 fully saturated rings. The van der Waals surface area contributed by atoms with E-state index in [4.69, 9.17) is 0 Å². The SMILES string of the molecule is CC12CCc3ccc(cc3)CCc3ccc(c1c3)C1=C(C2)C(=O)C=CC1=O. The average Bonchev–Trinajstić information content (AvgIpc) is 2.68. The van der Waals surface area contributed by atoms with E-state index in [0.29, 0.717) is 17.6 Å². The molecule has 2 nitrogen and oxygen atoms in total. The molecule has 0 radical (unpaired) electrons. The van der Waals surface area contributed by atoms with E-state index in [1.54, 1.807) is 0 Å². The van der Waals surface area contributed by atoms with Crippen molar-refractivity contribution in [1.29, 1.82) is 0 Å². The van der Waals surface area contributed by atoms with Crippen LogP contribution < -0.4 is 0 Å². The van der Waals surface area contributed by atoms with Gasteiger partial charge in [0.25, 0.3) is 0 Å². The molecule has 6 rings (SSSR count). The quantitative estimate of drug-likeness (QED) is 0.651. The van der Waals surface area contributed by atoms with Gasteiger partial charge in [-0.15, -0.1) is 0 Å². The first-order chi connectivity index (χ1) is 13.0. The van der Waals surface area contributed by atoms with Crippen molar-refractivity contribution in [2.75, 3.05) is 0 Å². The Hall–Kier alpha value is -2.74.